The monoisotopic (exact) mass is 480 g/mol. The molecule has 8 heteroatoms. The number of benzene rings is 1. The van der Waals surface area contributed by atoms with Crippen LogP contribution in [0.4, 0.5) is 0 Å². The molecule has 0 bridgehead atoms. The number of aliphatic imine (C=N–C) groups is 1. The molecule has 140 valence electrons. The van der Waals surface area contributed by atoms with Crippen molar-refractivity contribution in [2.75, 3.05) is 27.2 Å². The van der Waals surface area contributed by atoms with Gasteiger partial charge in [0.25, 0.3) is 0 Å². The molecule has 0 aromatic heterocycles. The summed E-state index contributed by atoms with van der Waals surface area (Å²) in [6.07, 6.45) is 2.49. The van der Waals surface area contributed by atoms with E-state index in [1.807, 2.05) is 12.1 Å². The number of carbonyl (C=O) groups is 1. The first kappa shape index (κ1) is 21.8. The molecule has 6 nitrogen and oxygen atoms in total. The van der Waals surface area contributed by atoms with Gasteiger partial charge in [0.15, 0.2) is 5.96 Å². The van der Waals surface area contributed by atoms with E-state index in [4.69, 9.17) is 22.1 Å². The van der Waals surface area contributed by atoms with Crippen LogP contribution >= 0.6 is 35.6 Å². The molecule has 1 aliphatic rings. The Balaban J connectivity index is 0.00000312. The highest BCUT2D eigenvalue weighted by Crippen LogP contribution is 2.23. The summed E-state index contributed by atoms with van der Waals surface area (Å²) in [5, 5.41) is 4.00. The molecule has 1 saturated heterocycles. The number of hydrogen-bond acceptors (Lipinski definition) is 3. The summed E-state index contributed by atoms with van der Waals surface area (Å²) in [5.41, 5.74) is 6.34. The number of nitrogens with one attached hydrogen (secondary N) is 1. The van der Waals surface area contributed by atoms with Gasteiger partial charge in [-0.3, -0.25) is 9.79 Å². The Morgan fingerprint density at radius 2 is 2.28 bits per heavy atom. The minimum Gasteiger partial charge on any atom is -0.496 e. The zero-order valence-electron chi connectivity index (χ0n) is 14.6. The Morgan fingerprint density at radius 1 is 1.52 bits per heavy atom. The second-order valence-electron chi connectivity index (χ2n) is 5.98. The summed E-state index contributed by atoms with van der Waals surface area (Å²) in [6, 6.07) is 5.58. The van der Waals surface area contributed by atoms with Crippen molar-refractivity contribution >= 4 is 47.4 Å². The van der Waals surface area contributed by atoms with Gasteiger partial charge in [0, 0.05) is 43.7 Å². The third-order valence-electron chi connectivity index (χ3n) is 4.21. The van der Waals surface area contributed by atoms with Gasteiger partial charge >= 0.3 is 0 Å². The van der Waals surface area contributed by atoms with Crippen molar-refractivity contribution in [1.29, 1.82) is 0 Å². The lowest BCUT2D eigenvalue weighted by molar-refractivity contribution is -0.119. The number of likely N-dealkylation sites (tertiary alicyclic amines) is 1. The number of halogens is 2. The molecular weight excluding hydrogens is 455 g/mol. The first-order valence-electron chi connectivity index (χ1n) is 8.09. The third-order valence-corrected chi connectivity index (χ3v) is 4.44. The number of carbonyl (C=O) groups excluding carboxylic acids is 1. The maximum Gasteiger partial charge on any atom is 0.217 e. The molecule has 1 aliphatic heterocycles. The van der Waals surface area contributed by atoms with E-state index in [0.717, 1.165) is 43.2 Å². The van der Waals surface area contributed by atoms with Gasteiger partial charge in [-0.05, 0) is 30.9 Å². The Kier molecular flexibility index (Phi) is 9.34. The molecule has 1 atom stereocenters. The van der Waals surface area contributed by atoms with Crippen LogP contribution in [0.15, 0.2) is 23.2 Å². The minimum atomic E-state index is -0.240. The molecule has 1 unspecified atom stereocenters. The summed E-state index contributed by atoms with van der Waals surface area (Å²) in [6.45, 7) is 2.30. The topological polar surface area (TPSA) is 80.0 Å². The second-order valence-corrected chi connectivity index (χ2v) is 6.42. The number of amides is 1. The highest BCUT2D eigenvalue weighted by molar-refractivity contribution is 14.0. The Bertz CT molecular complexity index is 612. The van der Waals surface area contributed by atoms with Crippen molar-refractivity contribution in [3.05, 3.63) is 28.8 Å². The molecule has 1 fully saturated rings. The first-order chi connectivity index (χ1) is 11.5. The smallest absolute Gasteiger partial charge is 0.217 e. The largest absolute Gasteiger partial charge is 0.496 e. The second kappa shape index (κ2) is 10.7. The van der Waals surface area contributed by atoms with E-state index in [2.05, 4.69) is 15.2 Å². The number of guanidine groups is 1. The molecule has 2 rings (SSSR count). The van der Waals surface area contributed by atoms with Crippen molar-refractivity contribution in [3.8, 4) is 5.75 Å². The normalized spacial score (nSPS) is 17.6. The van der Waals surface area contributed by atoms with Crippen LogP contribution in [0.2, 0.25) is 5.02 Å². The number of hydrogen-bond donors (Lipinski definition) is 2. The summed E-state index contributed by atoms with van der Waals surface area (Å²) in [5.74, 6) is 1.62. The van der Waals surface area contributed by atoms with Crippen LogP contribution in [0.25, 0.3) is 0 Å². The molecule has 1 aromatic rings. The SMILES string of the molecule is CN=C(NCc1ccc(Cl)cc1OC)N1CCCC(CC(N)=O)C1.I. The van der Waals surface area contributed by atoms with E-state index in [0.29, 0.717) is 23.9 Å². The predicted molar refractivity (Wildman–Crippen MR) is 112 cm³/mol. The maximum atomic E-state index is 11.2. The molecule has 25 heavy (non-hydrogen) atoms. The van der Waals surface area contributed by atoms with Crippen LogP contribution in [-0.4, -0.2) is 44.0 Å². The predicted octanol–water partition coefficient (Wildman–Crippen LogP) is 2.63. The Hall–Kier alpha value is -1.22. The van der Waals surface area contributed by atoms with Gasteiger partial charge in [-0.15, -0.1) is 24.0 Å². The van der Waals surface area contributed by atoms with Gasteiger partial charge in [0.05, 0.1) is 7.11 Å². The number of ether oxygens (including phenoxy) is 1. The van der Waals surface area contributed by atoms with Crippen LogP contribution < -0.4 is 15.8 Å². The van der Waals surface area contributed by atoms with Crippen molar-refractivity contribution in [3.63, 3.8) is 0 Å². The quantitative estimate of drug-likeness (QED) is 0.386. The lowest BCUT2D eigenvalue weighted by atomic mass is 9.95. The van der Waals surface area contributed by atoms with Crippen molar-refractivity contribution in [1.82, 2.24) is 10.2 Å². The fourth-order valence-corrected chi connectivity index (χ4v) is 3.24. The zero-order chi connectivity index (χ0) is 17.5. The van der Waals surface area contributed by atoms with E-state index in [9.17, 15) is 4.79 Å². The minimum absolute atomic E-state index is 0. The number of methoxy groups -OCH3 is 1. The third kappa shape index (κ3) is 6.54. The lowest BCUT2D eigenvalue weighted by Gasteiger charge is -2.34. The van der Waals surface area contributed by atoms with Crippen molar-refractivity contribution in [2.24, 2.45) is 16.6 Å². The fourth-order valence-electron chi connectivity index (χ4n) is 3.08. The number of primary amides is 1. The maximum absolute atomic E-state index is 11.2. The van der Waals surface area contributed by atoms with Crippen LogP contribution in [0.1, 0.15) is 24.8 Å². The van der Waals surface area contributed by atoms with Gasteiger partial charge in [-0.2, -0.15) is 0 Å². The fraction of sp³-hybridized carbons (Fsp3) is 0.529. The molecular formula is C17H26ClIN4O2. The van der Waals surface area contributed by atoms with E-state index >= 15 is 0 Å². The Labute approximate surface area is 171 Å². The van der Waals surface area contributed by atoms with Crippen LogP contribution in [0, 0.1) is 5.92 Å². The molecule has 1 heterocycles. The van der Waals surface area contributed by atoms with Gasteiger partial charge in [0.2, 0.25) is 5.91 Å². The molecule has 0 aliphatic carbocycles. The van der Waals surface area contributed by atoms with E-state index < -0.39 is 0 Å². The molecule has 1 amide bonds. The number of rotatable bonds is 5. The lowest BCUT2D eigenvalue weighted by Crippen LogP contribution is -2.46. The number of nitrogens with two attached hydrogens (primary N) is 1. The highest BCUT2D eigenvalue weighted by atomic mass is 127. The van der Waals surface area contributed by atoms with Crippen molar-refractivity contribution < 1.29 is 9.53 Å². The number of nitrogens with zero attached hydrogens (tertiary/aromatic N) is 2. The Morgan fingerprint density at radius 3 is 2.92 bits per heavy atom. The summed E-state index contributed by atoms with van der Waals surface area (Å²) >= 11 is 5.99. The van der Waals surface area contributed by atoms with E-state index in [1.54, 1.807) is 20.2 Å². The average Bonchev–Trinajstić information content (AvgIpc) is 2.56. The molecule has 0 radical (unpaired) electrons. The van der Waals surface area contributed by atoms with Crippen LogP contribution in [-0.2, 0) is 11.3 Å². The zero-order valence-corrected chi connectivity index (χ0v) is 17.7. The van der Waals surface area contributed by atoms with E-state index in [1.165, 1.54) is 0 Å². The summed E-state index contributed by atoms with van der Waals surface area (Å²) in [4.78, 5) is 17.7. The molecule has 3 N–H and O–H groups in total. The van der Waals surface area contributed by atoms with Gasteiger partial charge in [0.1, 0.15) is 5.75 Å². The average molecular weight is 481 g/mol. The van der Waals surface area contributed by atoms with Crippen molar-refractivity contribution in [2.45, 2.75) is 25.8 Å². The standard InChI is InChI=1S/C17H25ClN4O2.HI/c1-20-17(22-7-3-4-12(11-22)8-16(19)23)21-10-13-5-6-14(18)9-15(13)24-2;/h5-6,9,12H,3-4,7-8,10-11H2,1-2H3,(H2,19,23)(H,20,21);1H. The molecule has 0 saturated carbocycles. The number of piperidine rings is 1. The molecule has 0 spiro atoms. The first-order valence-corrected chi connectivity index (χ1v) is 8.47. The summed E-state index contributed by atoms with van der Waals surface area (Å²) < 4.78 is 5.37. The van der Waals surface area contributed by atoms with E-state index in [-0.39, 0.29) is 29.9 Å². The van der Waals surface area contributed by atoms with Crippen LogP contribution in [0.3, 0.4) is 0 Å². The van der Waals surface area contributed by atoms with Gasteiger partial charge in [-0.25, -0.2) is 0 Å². The van der Waals surface area contributed by atoms with Crippen LogP contribution in [0.5, 0.6) is 5.75 Å². The van der Waals surface area contributed by atoms with Gasteiger partial charge in [-0.1, -0.05) is 17.7 Å². The molecule has 1 aromatic carbocycles. The highest BCUT2D eigenvalue weighted by Gasteiger charge is 2.23. The van der Waals surface area contributed by atoms with Gasteiger partial charge < -0.3 is 20.7 Å². The summed E-state index contributed by atoms with van der Waals surface area (Å²) in [7, 11) is 3.39.